The van der Waals surface area contributed by atoms with Crippen LogP contribution in [0.25, 0.3) is 0 Å². The molecule has 0 spiro atoms. The number of hydrogen-bond donors (Lipinski definition) is 1. The average Bonchev–Trinajstić information content (AvgIpc) is 1.97. The quantitative estimate of drug-likeness (QED) is 0.662. The molecule has 0 radical (unpaired) electrons. The zero-order chi connectivity index (χ0) is 9.35. The Hall–Kier alpha value is -0.570. The lowest BCUT2D eigenvalue weighted by molar-refractivity contribution is -0.156. The minimum atomic E-state index is -0.636. The first kappa shape index (κ1) is 9.52. The van der Waals surface area contributed by atoms with Gasteiger partial charge in [-0.1, -0.05) is 13.8 Å². The summed E-state index contributed by atoms with van der Waals surface area (Å²) >= 11 is 0. The van der Waals surface area contributed by atoms with Crippen LogP contribution in [0.2, 0.25) is 0 Å². The van der Waals surface area contributed by atoms with Crippen molar-refractivity contribution in [3.05, 3.63) is 0 Å². The summed E-state index contributed by atoms with van der Waals surface area (Å²) in [7, 11) is 0. The SMILES string of the molecule is CCC(C)C(=O)N1CC(C)(O)C1. The number of rotatable bonds is 2. The lowest BCUT2D eigenvalue weighted by Gasteiger charge is -2.45. The van der Waals surface area contributed by atoms with Gasteiger partial charge in [0.15, 0.2) is 0 Å². The number of carbonyl (C=O) groups excluding carboxylic acids is 1. The van der Waals surface area contributed by atoms with Crippen LogP contribution >= 0.6 is 0 Å². The Balaban J connectivity index is 2.38. The molecule has 1 atom stereocenters. The number of β-amino-alcohol motifs (C(OH)–C–C–N with tert-alkyl or cyclic N) is 1. The number of likely N-dealkylation sites (tertiary alicyclic amines) is 1. The highest BCUT2D eigenvalue weighted by molar-refractivity contribution is 5.79. The van der Waals surface area contributed by atoms with E-state index in [-0.39, 0.29) is 11.8 Å². The van der Waals surface area contributed by atoms with E-state index in [1.807, 2.05) is 13.8 Å². The van der Waals surface area contributed by atoms with Gasteiger partial charge in [-0.3, -0.25) is 4.79 Å². The van der Waals surface area contributed by atoms with Crippen molar-refractivity contribution in [3.63, 3.8) is 0 Å². The smallest absolute Gasteiger partial charge is 0.225 e. The second-order valence-electron chi connectivity index (χ2n) is 4.00. The van der Waals surface area contributed by atoms with E-state index in [0.717, 1.165) is 6.42 Å². The predicted molar refractivity (Wildman–Crippen MR) is 46.7 cm³/mol. The van der Waals surface area contributed by atoms with Gasteiger partial charge in [-0.05, 0) is 13.3 Å². The van der Waals surface area contributed by atoms with Gasteiger partial charge >= 0.3 is 0 Å². The van der Waals surface area contributed by atoms with Crippen LogP contribution in [0.15, 0.2) is 0 Å². The molecule has 3 heteroatoms. The van der Waals surface area contributed by atoms with Gasteiger partial charge in [-0.25, -0.2) is 0 Å². The molecular weight excluding hydrogens is 154 g/mol. The number of carbonyl (C=O) groups is 1. The zero-order valence-electron chi connectivity index (χ0n) is 8.00. The van der Waals surface area contributed by atoms with Crippen LogP contribution in [-0.4, -0.2) is 34.6 Å². The van der Waals surface area contributed by atoms with Crippen LogP contribution in [0.4, 0.5) is 0 Å². The number of aliphatic hydroxyl groups is 1. The van der Waals surface area contributed by atoms with Gasteiger partial charge in [-0.15, -0.1) is 0 Å². The van der Waals surface area contributed by atoms with Gasteiger partial charge in [0.2, 0.25) is 5.91 Å². The molecule has 1 saturated heterocycles. The third kappa shape index (κ3) is 1.78. The molecule has 12 heavy (non-hydrogen) atoms. The van der Waals surface area contributed by atoms with Crippen molar-refractivity contribution in [2.24, 2.45) is 5.92 Å². The Bertz CT molecular complexity index is 181. The van der Waals surface area contributed by atoms with E-state index in [4.69, 9.17) is 0 Å². The Labute approximate surface area is 73.4 Å². The molecule has 0 aromatic carbocycles. The summed E-state index contributed by atoms with van der Waals surface area (Å²) in [5, 5.41) is 9.39. The van der Waals surface area contributed by atoms with Gasteiger partial charge < -0.3 is 10.0 Å². The molecule has 0 aromatic heterocycles. The van der Waals surface area contributed by atoms with Crippen molar-refractivity contribution in [3.8, 4) is 0 Å². The maximum absolute atomic E-state index is 11.5. The van der Waals surface area contributed by atoms with E-state index in [9.17, 15) is 9.90 Å². The summed E-state index contributed by atoms with van der Waals surface area (Å²) in [5.74, 6) is 0.269. The van der Waals surface area contributed by atoms with E-state index < -0.39 is 5.60 Å². The first-order chi connectivity index (χ1) is 5.46. The fourth-order valence-electron chi connectivity index (χ4n) is 1.42. The second-order valence-corrected chi connectivity index (χ2v) is 4.00. The van der Waals surface area contributed by atoms with Crippen LogP contribution < -0.4 is 0 Å². The molecule has 3 nitrogen and oxygen atoms in total. The Morgan fingerprint density at radius 3 is 2.50 bits per heavy atom. The largest absolute Gasteiger partial charge is 0.386 e. The molecule has 1 aliphatic heterocycles. The van der Waals surface area contributed by atoms with E-state index in [0.29, 0.717) is 13.1 Å². The summed E-state index contributed by atoms with van der Waals surface area (Å²) < 4.78 is 0. The summed E-state index contributed by atoms with van der Waals surface area (Å²) in [6.45, 7) is 6.68. The monoisotopic (exact) mass is 171 g/mol. The van der Waals surface area contributed by atoms with E-state index >= 15 is 0 Å². The molecule has 1 unspecified atom stereocenters. The van der Waals surface area contributed by atoms with Crippen molar-refractivity contribution in [2.75, 3.05) is 13.1 Å². The standard InChI is InChI=1S/C9H17NO2/c1-4-7(2)8(11)10-5-9(3,12)6-10/h7,12H,4-6H2,1-3H3. The van der Waals surface area contributed by atoms with Crippen LogP contribution in [0, 0.1) is 5.92 Å². The lowest BCUT2D eigenvalue weighted by Crippen LogP contribution is -2.62. The topological polar surface area (TPSA) is 40.5 Å². The molecule has 0 aromatic rings. The van der Waals surface area contributed by atoms with Crippen molar-refractivity contribution in [1.29, 1.82) is 0 Å². The number of hydrogen-bond acceptors (Lipinski definition) is 2. The summed E-state index contributed by atoms with van der Waals surface area (Å²) in [4.78, 5) is 13.2. The Kier molecular flexibility index (Phi) is 2.42. The molecule has 1 heterocycles. The van der Waals surface area contributed by atoms with Crippen LogP contribution in [0.5, 0.6) is 0 Å². The summed E-state index contributed by atoms with van der Waals surface area (Å²) in [5.41, 5.74) is -0.636. The van der Waals surface area contributed by atoms with E-state index in [1.54, 1.807) is 11.8 Å². The minimum absolute atomic E-state index is 0.0982. The molecule has 0 bridgehead atoms. The second kappa shape index (κ2) is 3.05. The molecule has 0 aliphatic carbocycles. The molecule has 70 valence electrons. The van der Waals surface area contributed by atoms with E-state index in [2.05, 4.69) is 0 Å². The normalized spacial score (nSPS) is 23.2. The third-order valence-corrected chi connectivity index (χ3v) is 2.41. The van der Waals surface area contributed by atoms with Gasteiger partial charge in [0, 0.05) is 5.92 Å². The van der Waals surface area contributed by atoms with Gasteiger partial charge in [0.05, 0.1) is 18.7 Å². The minimum Gasteiger partial charge on any atom is -0.386 e. The number of amides is 1. The number of nitrogens with zero attached hydrogens (tertiary/aromatic N) is 1. The molecule has 1 aliphatic rings. The lowest BCUT2D eigenvalue weighted by atomic mass is 9.94. The first-order valence-corrected chi connectivity index (χ1v) is 4.47. The van der Waals surface area contributed by atoms with Crippen LogP contribution in [-0.2, 0) is 4.79 Å². The van der Waals surface area contributed by atoms with Gasteiger partial charge in [-0.2, -0.15) is 0 Å². The Morgan fingerprint density at radius 1 is 1.67 bits per heavy atom. The Morgan fingerprint density at radius 2 is 2.17 bits per heavy atom. The predicted octanol–water partition coefficient (Wildman–Crippen LogP) is 0.626. The fraction of sp³-hybridized carbons (Fsp3) is 0.889. The van der Waals surface area contributed by atoms with Crippen molar-refractivity contribution >= 4 is 5.91 Å². The van der Waals surface area contributed by atoms with Crippen LogP contribution in [0.3, 0.4) is 0 Å². The molecular formula is C9H17NO2. The maximum Gasteiger partial charge on any atom is 0.225 e. The molecule has 1 rings (SSSR count). The van der Waals surface area contributed by atoms with Gasteiger partial charge in [0.1, 0.15) is 0 Å². The highest BCUT2D eigenvalue weighted by Gasteiger charge is 2.40. The highest BCUT2D eigenvalue weighted by atomic mass is 16.3. The summed E-state index contributed by atoms with van der Waals surface area (Å²) in [6.07, 6.45) is 0.872. The average molecular weight is 171 g/mol. The summed E-state index contributed by atoms with van der Waals surface area (Å²) in [6, 6.07) is 0. The van der Waals surface area contributed by atoms with Gasteiger partial charge in [0.25, 0.3) is 0 Å². The van der Waals surface area contributed by atoms with Crippen molar-refractivity contribution < 1.29 is 9.90 Å². The molecule has 1 fully saturated rings. The van der Waals surface area contributed by atoms with Crippen LogP contribution in [0.1, 0.15) is 27.2 Å². The third-order valence-electron chi connectivity index (χ3n) is 2.41. The fourth-order valence-corrected chi connectivity index (χ4v) is 1.42. The zero-order valence-corrected chi connectivity index (χ0v) is 8.00. The van der Waals surface area contributed by atoms with Crippen molar-refractivity contribution in [1.82, 2.24) is 4.90 Å². The maximum atomic E-state index is 11.5. The highest BCUT2D eigenvalue weighted by Crippen LogP contribution is 2.22. The first-order valence-electron chi connectivity index (χ1n) is 4.47. The molecule has 1 N–H and O–H groups in total. The molecule has 0 saturated carbocycles. The molecule has 1 amide bonds. The van der Waals surface area contributed by atoms with E-state index in [1.165, 1.54) is 0 Å². The van der Waals surface area contributed by atoms with Crippen molar-refractivity contribution in [2.45, 2.75) is 32.8 Å².